The summed E-state index contributed by atoms with van der Waals surface area (Å²) in [5.41, 5.74) is 7.66. The zero-order chi connectivity index (χ0) is 24.8. The van der Waals surface area contributed by atoms with Gasteiger partial charge in [-0.25, -0.2) is 4.98 Å². The molecule has 3 atom stereocenters. The number of fused-ring (bicyclic) bond motifs is 3. The minimum Gasteiger partial charge on any atom is -0.496 e. The molecular weight excluding hydrogens is 478 g/mol. The molecule has 3 aliphatic rings. The number of carbonyl (C=O) groups is 1. The van der Waals surface area contributed by atoms with Crippen molar-refractivity contribution in [1.29, 1.82) is 0 Å². The molecule has 2 aromatic heterocycles. The van der Waals surface area contributed by atoms with Crippen LogP contribution in [0.3, 0.4) is 0 Å². The lowest BCUT2D eigenvalue weighted by molar-refractivity contribution is -0.130. The zero-order valence-electron chi connectivity index (χ0n) is 20.6. The first kappa shape index (κ1) is 23.4. The first-order valence-corrected chi connectivity index (χ1v) is 13.3. The Hall–Kier alpha value is -2.95. The number of amides is 1. The maximum atomic E-state index is 11.8. The molecule has 0 radical (unpaired) electrons. The molecule has 190 valence electrons. The van der Waals surface area contributed by atoms with E-state index in [2.05, 4.69) is 16.3 Å². The van der Waals surface area contributed by atoms with Gasteiger partial charge in [0, 0.05) is 42.2 Å². The lowest BCUT2D eigenvalue weighted by atomic mass is 9.98. The number of piperidine rings is 1. The smallest absolute Gasteiger partial charge is 0.248 e. The SMILES string of the molecule is COc1ccccc1-c1csc2nc(N3CCOC(C(N)=O)C3)nc(N3C4CCC3CC(OC)C4)c12. The standard InChI is InChI=1S/C26H31N5O4S/c1-33-17-11-15-7-8-16(12-17)31(15)24-22-19(18-5-3-4-6-20(18)34-2)14-36-25(22)29-26(28-24)30-9-10-35-21(13-30)23(27)32/h3-6,14-17,21H,7-13H2,1-2H3,(H2,27,32). The molecule has 3 saturated heterocycles. The van der Waals surface area contributed by atoms with E-state index in [1.807, 2.05) is 30.2 Å². The number of ether oxygens (including phenoxy) is 3. The van der Waals surface area contributed by atoms with Gasteiger partial charge in [0.05, 0.1) is 31.8 Å². The molecule has 6 rings (SSSR count). The van der Waals surface area contributed by atoms with Crippen LogP contribution in [-0.4, -0.2) is 74.1 Å². The molecule has 3 fully saturated rings. The zero-order valence-corrected chi connectivity index (χ0v) is 21.4. The van der Waals surface area contributed by atoms with Gasteiger partial charge in [-0.2, -0.15) is 4.98 Å². The summed E-state index contributed by atoms with van der Waals surface area (Å²) < 4.78 is 17.0. The normalized spacial score (nSPS) is 25.9. The second kappa shape index (κ2) is 9.49. The van der Waals surface area contributed by atoms with Gasteiger partial charge in [0.25, 0.3) is 0 Å². The molecule has 3 aliphatic heterocycles. The highest BCUT2D eigenvalue weighted by molar-refractivity contribution is 7.17. The molecule has 0 aliphatic carbocycles. The summed E-state index contributed by atoms with van der Waals surface area (Å²) in [4.78, 5) is 27.5. The van der Waals surface area contributed by atoms with Crippen LogP contribution in [-0.2, 0) is 14.3 Å². The monoisotopic (exact) mass is 509 g/mol. The van der Waals surface area contributed by atoms with Crippen molar-refractivity contribution in [2.24, 2.45) is 5.73 Å². The van der Waals surface area contributed by atoms with E-state index in [9.17, 15) is 4.79 Å². The predicted octanol–water partition coefficient (Wildman–Crippen LogP) is 3.20. The van der Waals surface area contributed by atoms with E-state index in [0.717, 1.165) is 58.6 Å². The number of thiophene rings is 1. The molecule has 10 heteroatoms. The van der Waals surface area contributed by atoms with E-state index in [0.29, 0.717) is 37.7 Å². The van der Waals surface area contributed by atoms with Gasteiger partial charge in [-0.1, -0.05) is 18.2 Å². The minimum atomic E-state index is -0.664. The summed E-state index contributed by atoms with van der Waals surface area (Å²) in [6.45, 7) is 1.37. The van der Waals surface area contributed by atoms with Gasteiger partial charge in [-0.3, -0.25) is 4.79 Å². The third kappa shape index (κ3) is 3.97. The number of hydrogen-bond acceptors (Lipinski definition) is 9. The Morgan fingerprint density at radius 1 is 1.14 bits per heavy atom. The van der Waals surface area contributed by atoms with Gasteiger partial charge in [-0.05, 0) is 31.7 Å². The average Bonchev–Trinajstić information content (AvgIpc) is 3.45. The highest BCUT2D eigenvalue weighted by Crippen LogP contribution is 2.47. The highest BCUT2D eigenvalue weighted by Gasteiger charge is 2.43. The van der Waals surface area contributed by atoms with Crippen molar-refractivity contribution in [3.05, 3.63) is 29.6 Å². The Kier molecular flexibility index (Phi) is 6.18. The Labute approximate surface area is 214 Å². The van der Waals surface area contributed by atoms with Crippen LogP contribution in [0.15, 0.2) is 29.6 Å². The molecular formula is C26H31N5O4S. The summed E-state index contributed by atoms with van der Waals surface area (Å²) in [6.07, 6.45) is 3.85. The van der Waals surface area contributed by atoms with Crippen LogP contribution in [0.4, 0.5) is 11.8 Å². The summed E-state index contributed by atoms with van der Waals surface area (Å²) >= 11 is 1.61. The number of rotatable bonds is 6. The fourth-order valence-electron chi connectivity index (χ4n) is 5.97. The number of hydrogen-bond donors (Lipinski definition) is 1. The van der Waals surface area contributed by atoms with E-state index in [1.165, 1.54) is 0 Å². The number of para-hydroxylation sites is 1. The van der Waals surface area contributed by atoms with Gasteiger partial charge < -0.3 is 29.7 Å². The van der Waals surface area contributed by atoms with Crippen molar-refractivity contribution in [3.63, 3.8) is 0 Å². The lowest BCUT2D eigenvalue weighted by Crippen LogP contribution is -2.49. The summed E-state index contributed by atoms with van der Waals surface area (Å²) in [5.74, 6) is 1.94. The van der Waals surface area contributed by atoms with Gasteiger partial charge >= 0.3 is 0 Å². The number of carbonyl (C=O) groups excluding carboxylic acids is 1. The first-order valence-electron chi connectivity index (χ1n) is 12.5. The number of aromatic nitrogens is 2. The number of nitrogens with zero attached hydrogens (tertiary/aromatic N) is 4. The number of nitrogens with two attached hydrogens (primary N) is 1. The van der Waals surface area contributed by atoms with Crippen LogP contribution in [0.2, 0.25) is 0 Å². The number of morpholine rings is 1. The van der Waals surface area contributed by atoms with E-state index in [4.69, 9.17) is 29.9 Å². The van der Waals surface area contributed by atoms with E-state index in [-0.39, 0.29) is 6.10 Å². The van der Waals surface area contributed by atoms with Crippen LogP contribution < -0.4 is 20.3 Å². The Bertz CT molecular complexity index is 1270. The molecule has 0 saturated carbocycles. The number of anilines is 2. The summed E-state index contributed by atoms with van der Waals surface area (Å²) in [6, 6.07) is 8.82. The lowest BCUT2D eigenvalue weighted by Gasteiger charge is -2.40. The van der Waals surface area contributed by atoms with Crippen molar-refractivity contribution < 1.29 is 19.0 Å². The van der Waals surface area contributed by atoms with Gasteiger partial charge in [0.1, 0.15) is 16.4 Å². The minimum absolute atomic E-state index is 0.280. The summed E-state index contributed by atoms with van der Waals surface area (Å²) in [5, 5.41) is 3.21. The Morgan fingerprint density at radius 3 is 2.64 bits per heavy atom. The largest absolute Gasteiger partial charge is 0.496 e. The van der Waals surface area contributed by atoms with Crippen LogP contribution in [0.25, 0.3) is 21.3 Å². The van der Waals surface area contributed by atoms with Crippen molar-refractivity contribution in [2.75, 3.05) is 43.7 Å². The van der Waals surface area contributed by atoms with Crippen molar-refractivity contribution in [2.45, 2.75) is 50.0 Å². The third-order valence-corrected chi connectivity index (χ3v) is 8.61. The maximum Gasteiger partial charge on any atom is 0.248 e. The van der Waals surface area contributed by atoms with Crippen molar-refractivity contribution in [3.8, 4) is 16.9 Å². The number of primary amides is 1. The molecule has 36 heavy (non-hydrogen) atoms. The van der Waals surface area contributed by atoms with Crippen molar-refractivity contribution in [1.82, 2.24) is 9.97 Å². The molecule has 9 nitrogen and oxygen atoms in total. The molecule has 5 heterocycles. The topological polar surface area (TPSA) is 103 Å². The van der Waals surface area contributed by atoms with Gasteiger partial charge in [0.2, 0.25) is 11.9 Å². The fourth-order valence-corrected chi connectivity index (χ4v) is 6.90. The van der Waals surface area contributed by atoms with Gasteiger partial charge in [-0.15, -0.1) is 11.3 Å². The second-order valence-electron chi connectivity index (χ2n) is 9.71. The number of benzene rings is 1. The molecule has 3 aromatic rings. The molecule has 1 amide bonds. The van der Waals surface area contributed by atoms with Crippen LogP contribution in [0, 0.1) is 0 Å². The molecule has 2 N–H and O–H groups in total. The highest BCUT2D eigenvalue weighted by atomic mass is 32.1. The van der Waals surface area contributed by atoms with E-state index >= 15 is 0 Å². The molecule has 0 spiro atoms. The molecule has 1 aromatic carbocycles. The van der Waals surface area contributed by atoms with Crippen LogP contribution >= 0.6 is 11.3 Å². The van der Waals surface area contributed by atoms with Crippen LogP contribution in [0.1, 0.15) is 25.7 Å². The van der Waals surface area contributed by atoms with Gasteiger partial charge in [0.15, 0.2) is 6.10 Å². The quantitative estimate of drug-likeness (QED) is 0.540. The fraction of sp³-hybridized carbons (Fsp3) is 0.500. The summed E-state index contributed by atoms with van der Waals surface area (Å²) in [7, 11) is 3.51. The Balaban J connectivity index is 1.50. The number of methoxy groups -OCH3 is 2. The van der Waals surface area contributed by atoms with E-state index < -0.39 is 12.0 Å². The predicted molar refractivity (Wildman–Crippen MR) is 140 cm³/mol. The molecule has 3 unspecified atom stereocenters. The molecule has 2 bridgehead atoms. The van der Waals surface area contributed by atoms with Crippen molar-refractivity contribution >= 4 is 39.2 Å². The average molecular weight is 510 g/mol. The first-order chi connectivity index (χ1) is 17.6. The maximum absolute atomic E-state index is 11.8. The van der Waals surface area contributed by atoms with Crippen LogP contribution in [0.5, 0.6) is 5.75 Å². The third-order valence-electron chi connectivity index (χ3n) is 7.73. The second-order valence-corrected chi connectivity index (χ2v) is 10.6. The Morgan fingerprint density at radius 2 is 1.92 bits per heavy atom. The van der Waals surface area contributed by atoms with E-state index in [1.54, 1.807) is 18.4 Å².